The SMILES string of the molecule is COc1cc(/C=C/C(=O)N2CCC(NC(=O)c3ccccc3)CC2)ccc1OCc1c(C)noc1C. The minimum atomic E-state index is -0.0756. The molecule has 3 aromatic rings. The first-order valence-electron chi connectivity index (χ1n) is 12.0. The molecular weight excluding hydrogens is 458 g/mol. The number of hydrogen-bond donors (Lipinski definition) is 1. The fourth-order valence-electron chi connectivity index (χ4n) is 4.14. The van der Waals surface area contributed by atoms with Gasteiger partial charge in [0, 0.05) is 30.8 Å². The second-order valence-electron chi connectivity index (χ2n) is 8.77. The summed E-state index contributed by atoms with van der Waals surface area (Å²) in [4.78, 5) is 26.9. The number of benzene rings is 2. The van der Waals surface area contributed by atoms with Crippen molar-refractivity contribution < 1.29 is 23.6 Å². The third-order valence-electron chi connectivity index (χ3n) is 6.34. The smallest absolute Gasteiger partial charge is 0.251 e. The molecule has 1 N–H and O–H groups in total. The summed E-state index contributed by atoms with van der Waals surface area (Å²) in [5.41, 5.74) is 3.19. The predicted molar refractivity (Wildman–Crippen MR) is 136 cm³/mol. The van der Waals surface area contributed by atoms with Gasteiger partial charge >= 0.3 is 0 Å². The molecule has 0 atom stereocenters. The van der Waals surface area contributed by atoms with Crippen LogP contribution in [0.3, 0.4) is 0 Å². The standard InChI is InChI=1S/C28H31N3O5/c1-19-24(20(2)36-30-19)18-35-25-11-9-21(17-26(25)34-3)10-12-27(32)31-15-13-23(14-16-31)29-28(33)22-7-5-4-6-8-22/h4-12,17,23H,13-16,18H2,1-3H3,(H,29,33)/b12-10+. The lowest BCUT2D eigenvalue weighted by Gasteiger charge is -2.31. The van der Waals surface area contributed by atoms with Gasteiger partial charge in [0.05, 0.1) is 18.4 Å². The maximum atomic E-state index is 12.7. The van der Waals surface area contributed by atoms with Gasteiger partial charge in [0.25, 0.3) is 5.91 Å². The van der Waals surface area contributed by atoms with Gasteiger partial charge in [-0.05, 0) is 62.6 Å². The number of aryl methyl sites for hydroxylation is 2. The maximum Gasteiger partial charge on any atom is 0.251 e. The number of likely N-dealkylation sites (tertiary alicyclic amines) is 1. The van der Waals surface area contributed by atoms with Crippen molar-refractivity contribution in [3.8, 4) is 11.5 Å². The van der Waals surface area contributed by atoms with Crippen LogP contribution in [-0.2, 0) is 11.4 Å². The zero-order valence-corrected chi connectivity index (χ0v) is 20.8. The van der Waals surface area contributed by atoms with Crippen molar-refractivity contribution in [1.82, 2.24) is 15.4 Å². The highest BCUT2D eigenvalue weighted by molar-refractivity contribution is 5.94. The van der Waals surface area contributed by atoms with Gasteiger partial charge in [0.15, 0.2) is 11.5 Å². The number of rotatable bonds is 8. The zero-order valence-electron chi connectivity index (χ0n) is 20.8. The van der Waals surface area contributed by atoms with Crippen molar-refractivity contribution in [3.05, 3.63) is 82.8 Å². The Morgan fingerprint density at radius 3 is 2.53 bits per heavy atom. The number of carbonyl (C=O) groups excluding carboxylic acids is 2. The first-order chi connectivity index (χ1) is 17.4. The van der Waals surface area contributed by atoms with Crippen molar-refractivity contribution in [2.75, 3.05) is 20.2 Å². The predicted octanol–water partition coefficient (Wildman–Crippen LogP) is 4.31. The third-order valence-corrected chi connectivity index (χ3v) is 6.34. The molecule has 0 spiro atoms. The van der Waals surface area contributed by atoms with E-state index >= 15 is 0 Å². The monoisotopic (exact) mass is 489 g/mol. The van der Waals surface area contributed by atoms with E-state index in [9.17, 15) is 9.59 Å². The van der Waals surface area contributed by atoms with Crippen molar-refractivity contribution in [2.24, 2.45) is 0 Å². The maximum absolute atomic E-state index is 12.7. The summed E-state index contributed by atoms with van der Waals surface area (Å²) >= 11 is 0. The molecular formula is C28H31N3O5. The van der Waals surface area contributed by atoms with E-state index in [4.69, 9.17) is 14.0 Å². The van der Waals surface area contributed by atoms with Gasteiger partial charge in [-0.15, -0.1) is 0 Å². The average molecular weight is 490 g/mol. The van der Waals surface area contributed by atoms with Gasteiger partial charge in [-0.3, -0.25) is 9.59 Å². The minimum Gasteiger partial charge on any atom is -0.493 e. The molecule has 2 heterocycles. The van der Waals surface area contributed by atoms with E-state index < -0.39 is 0 Å². The summed E-state index contributed by atoms with van der Waals surface area (Å²) in [5, 5.41) is 7.01. The summed E-state index contributed by atoms with van der Waals surface area (Å²) in [6.07, 6.45) is 4.79. The summed E-state index contributed by atoms with van der Waals surface area (Å²) in [6.45, 7) is 5.25. The van der Waals surface area contributed by atoms with E-state index in [1.54, 1.807) is 36.3 Å². The molecule has 36 heavy (non-hydrogen) atoms. The van der Waals surface area contributed by atoms with Crippen molar-refractivity contribution >= 4 is 17.9 Å². The number of nitrogens with zero attached hydrogens (tertiary/aromatic N) is 2. The number of amides is 2. The number of nitrogens with one attached hydrogen (secondary N) is 1. The third kappa shape index (κ3) is 6.13. The largest absolute Gasteiger partial charge is 0.493 e. The first kappa shape index (κ1) is 25.0. The van der Waals surface area contributed by atoms with Gasteiger partial charge in [0.1, 0.15) is 12.4 Å². The molecule has 1 aromatic heterocycles. The molecule has 188 valence electrons. The number of piperidine rings is 1. The van der Waals surface area contributed by atoms with Crippen LogP contribution in [0.15, 0.2) is 59.1 Å². The van der Waals surface area contributed by atoms with E-state index in [1.165, 1.54) is 0 Å². The van der Waals surface area contributed by atoms with E-state index in [1.807, 2.05) is 50.2 Å². The number of hydrogen-bond acceptors (Lipinski definition) is 6. The Morgan fingerprint density at radius 1 is 1.11 bits per heavy atom. The van der Waals surface area contributed by atoms with Gasteiger partial charge in [-0.25, -0.2) is 0 Å². The molecule has 1 aliphatic heterocycles. The van der Waals surface area contributed by atoms with Gasteiger partial charge in [-0.2, -0.15) is 0 Å². The second kappa shape index (κ2) is 11.6. The number of methoxy groups -OCH3 is 1. The second-order valence-corrected chi connectivity index (χ2v) is 8.77. The topological polar surface area (TPSA) is 93.9 Å². The number of carbonyl (C=O) groups is 2. The molecule has 2 aromatic carbocycles. The Kier molecular flexibility index (Phi) is 8.05. The Hall–Kier alpha value is -4.07. The highest BCUT2D eigenvalue weighted by Gasteiger charge is 2.23. The van der Waals surface area contributed by atoms with E-state index in [0.29, 0.717) is 36.8 Å². The van der Waals surface area contributed by atoms with Crippen LogP contribution in [0.1, 0.15) is 45.8 Å². The van der Waals surface area contributed by atoms with E-state index in [0.717, 1.165) is 35.4 Å². The fraction of sp³-hybridized carbons (Fsp3) is 0.321. The van der Waals surface area contributed by atoms with Gasteiger partial charge in [0.2, 0.25) is 5.91 Å². The van der Waals surface area contributed by atoms with E-state index in [-0.39, 0.29) is 17.9 Å². The number of aromatic nitrogens is 1. The van der Waals surface area contributed by atoms with Gasteiger partial charge < -0.3 is 24.2 Å². The number of ether oxygens (including phenoxy) is 2. The fourth-order valence-corrected chi connectivity index (χ4v) is 4.14. The van der Waals surface area contributed by atoms with Crippen LogP contribution < -0.4 is 14.8 Å². The molecule has 8 heteroatoms. The van der Waals surface area contributed by atoms with Gasteiger partial charge in [-0.1, -0.05) is 29.4 Å². The molecule has 4 rings (SSSR count). The first-order valence-corrected chi connectivity index (χ1v) is 12.0. The van der Waals surface area contributed by atoms with Crippen LogP contribution in [0.4, 0.5) is 0 Å². The molecule has 0 unspecified atom stereocenters. The summed E-state index contributed by atoms with van der Waals surface area (Å²) < 4.78 is 16.6. The van der Waals surface area contributed by atoms with Crippen molar-refractivity contribution in [2.45, 2.75) is 39.3 Å². The van der Waals surface area contributed by atoms with Crippen LogP contribution >= 0.6 is 0 Å². The lowest BCUT2D eigenvalue weighted by atomic mass is 10.0. The zero-order chi connectivity index (χ0) is 25.5. The molecule has 0 saturated carbocycles. The molecule has 2 amide bonds. The highest BCUT2D eigenvalue weighted by Crippen LogP contribution is 2.30. The quantitative estimate of drug-likeness (QED) is 0.474. The van der Waals surface area contributed by atoms with Crippen molar-refractivity contribution in [1.29, 1.82) is 0 Å². The Balaban J connectivity index is 1.29. The summed E-state index contributed by atoms with van der Waals surface area (Å²) in [5.74, 6) is 1.77. The highest BCUT2D eigenvalue weighted by atomic mass is 16.5. The van der Waals surface area contributed by atoms with Crippen LogP contribution in [-0.4, -0.2) is 48.1 Å². The Bertz CT molecular complexity index is 1210. The summed E-state index contributed by atoms with van der Waals surface area (Å²) in [6, 6.07) is 14.8. The average Bonchev–Trinajstić information content (AvgIpc) is 3.23. The van der Waals surface area contributed by atoms with Crippen LogP contribution in [0.25, 0.3) is 6.08 Å². The Morgan fingerprint density at radius 2 is 1.86 bits per heavy atom. The minimum absolute atomic E-state index is 0.0551. The summed E-state index contributed by atoms with van der Waals surface area (Å²) in [7, 11) is 1.58. The van der Waals surface area contributed by atoms with Crippen LogP contribution in [0, 0.1) is 13.8 Å². The molecule has 0 aliphatic carbocycles. The van der Waals surface area contributed by atoms with E-state index in [2.05, 4.69) is 10.5 Å². The molecule has 8 nitrogen and oxygen atoms in total. The van der Waals surface area contributed by atoms with Crippen molar-refractivity contribution in [3.63, 3.8) is 0 Å². The molecule has 0 bridgehead atoms. The normalized spacial score (nSPS) is 14.1. The van der Waals surface area contributed by atoms with Crippen LogP contribution in [0.2, 0.25) is 0 Å². The Labute approximate surface area is 210 Å². The van der Waals surface area contributed by atoms with Crippen LogP contribution in [0.5, 0.6) is 11.5 Å². The lowest BCUT2D eigenvalue weighted by Crippen LogP contribution is -2.46. The molecule has 1 saturated heterocycles. The molecule has 1 aliphatic rings. The lowest BCUT2D eigenvalue weighted by molar-refractivity contribution is -0.127. The molecule has 0 radical (unpaired) electrons. The molecule has 1 fully saturated rings.